The minimum absolute atomic E-state index is 0.129. The van der Waals surface area contributed by atoms with Gasteiger partial charge < -0.3 is 10.0 Å². The van der Waals surface area contributed by atoms with Crippen molar-refractivity contribution in [2.45, 2.75) is 45.6 Å². The molecule has 1 saturated carbocycles. The van der Waals surface area contributed by atoms with Crippen LogP contribution in [0.4, 0.5) is 5.69 Å². The molecule has 4 nitrogen and oxygen atoms in total. The van der Waals surface area contributed by atoms with Crippen LogP contribution in [-0.2, 0) is 0 Å². The van der Waals surface area contributed by atoms with E-state index < -0.39 is 5.97 Å². The zero-order valence-corrected chi connectivity index (χ0v) is 11.7. The monoisotopic (exact) mass is 262 g/mol. The highest BCUT2D eigenvalue weighted by Gasteiger charge is 2.24. The molecule has 1 aliphatic rings. The predicted octanol–water partition coefficient (Wildman–Crippen LogP) is 3.18. The number of anilines is 1. The van der Waals surface area contributed by atoms with Gasteiger partial charge in [0, 0.05) is 24.5 Å². The van der Waals surface area contributed by atoms with Crippen molar-refractivity contribution in [3.05, 3.63) is 24.0 Å². The summed E-state index contributed by atoms with van der Waals surface area (Å²) in [6, 6.07) is 4.17. The second kappa shape index (κ2) is 6.04. The Hall–Kier alpha value is -1.58. The molecule has 0 radical (unpaired) electrons. The minimum Gasteiger partial charge on any atom is -0.477 e. The van der Waals surface area contributed by atoms with Crippen molar-refractivity contribution in [1.29, 1.82) is 0 Å². The molecule has 2 rings (SSSR count). The summed E-state index contributed by atoms with van der Waals surface area (Å²) < 4.78 is 0. The second-order valence-electron chi connectivity index (χ2n) is 5.69. The van der Waals surface area contributed by atoms with E-state index in [2.05, 4.69) is 23.7 Å². The highest BCUT2D eigenvalue weighted by atomic mass is 16.4. The van der Waals surface area contributed by atoms with Crippen LogP contribution >= 0.6 is 0 Å². The Labute approximate surface area is 114 Å². The summed E-state index contributed by atoms with van der Waals surface area (Å²) in [7, 11) is 0. The van der Waals surface area contributed by atoms with Gasteiger partial charge in [-0.25, -0.2) is 9.78 Å². The van der Waals surface area contributed by atoms with E-state index in [0.29, 0.717) is 12.0 Å². The zero-order chi connectivity index (χ0) is 13.8. The van der Waals surface area contributed by atoms with Crippen molar-refractivity contribution in [3.63, 3.8) is 0 Å². The molecule has 4 heteroatoms. The van der Waals surface area contributed by atoms with Crippen molar-refractivity contribution in [3.8, 4) is 0 Å². The van der Waals surface area contributed by atoms with Crippen LogP contribution < -0.4 is 4.90 Å². The predicted molar refractivity (Wildman–Crippen MR) is 75.6 cm³/mol. The number of aromatic carboxylic acids is 1. The fraction of sp³-hybridized carbons (Fsp3) is 0.600. The minimum atomic E-state index is -0.960. The molecule has 0 atom stereocenters. The van der Waals surface area contributed by atoms with Crippen LogP contribution in [0.2, 0.25) is 0 Å². The molecular weight excluding hydrogens is 240 g/mol. The average Bonchev–Trinajstić information content (AvgIpc) is 2.89. The molecule has 0 amide bonds. The van der Waals surface area contributed by atoms with Gasteiger partial charge in [0.05, 0.1) is 0 Å². The Kier molecular flexibility index (Phi) is 4.40. The molecule has 1 heterocycles. The third kappa shape index (κ3) is 3.46. The van der Waals surface area contributed by atoms with Crippen LogP contribution in [0, 0.1) is 5.92 Å². The lowest BCUT2D eigenvalue weighted by Gasteiger charge is -2.32. The molecular formula is C15H22N2O2. The number of hydrogen-bond donors (Lipinski definition) is 1. The molecule has 104 valence electrons. The first-order valence-electron chi connectivity index (χ1n) is 7.04. The number of hydrogen-bond acceptors (Lipinski definition) is 3. The molecule has 1 aliphatic carbocycles. The molecule has 0 saturated heterocycles. The Balaban J connectivity index is 2.25. The van der Waals surface area contributed by atoms with Crippen LogP contribution in [-0.4, -0.2) is 28.6 Å². The van der Waals surface area contributed by atoms with Crippen molar-refractivity contribution >= 4 is 11.7 Å². The number of carbonyl (C=O) groups is 1. The maximum Gasteiger partial charge on any atom is 0.354 e. The number of aromatic nitrogens is 1. The van der Waals surface area contributed by atoms with E-state index in [-0.39, 0.29) is 5.69 Å². The van der Waals surface area contributed by atoms with Crippen LogP contribution in [0.1, 0.15) is 50.0 Å². The maximum absolute atomic E-state index is 11.0. The largest absolute Gasteiger partial charge is 0.477 e. The van der Waals surface area contributed by atoms with Gasteiger partial charge in [-0.05, 0) is 30.9 Å². The van der Waals surface area contributed by atoms with Gasteiger partial charge in [-0.2, -0.15) is 0 Å². The third-order valence-electron chi connectivity index (χ3n) is 3.62. The molecule has 1 N–H and O–H groups in total. The van der Waals surface area contributed by atoms with Gasteiger partial charge in [0.25, 0.3) is 0 Å². The number of pyridine rings is 1. The summed E-state index contributed by atoms with van der Waals surface area (Å²) in [5.74, 6) is -0.403. The normalized spacial score (nSPS) is 15.9. The van der Waals surface area contributed by atoms with Gasteiger partial charge >= 0.3 is 5.97 Å². The van der Waals surface area contributed by atoms with Crippen molar-refractivity contribution in [1.82, 2.24) is 4.98 Å². The van der Waals surface area contributed by atoms with E-state index in [1.54, 1.807) is 12.3 Å². The first-order chi connectivity index (χ1) is 9.08. The Bertz CT molecular complexity index is 440. The molecule has 0 bridgehead atoms. The second-order valence-corrected chi connectivity index (χ2v) is 5.69. The van der Waals surface area contributed by atoms with E-state index in [9.17, 15) is 4.79 Å². The van der Waals surface area contributed by atoms with E-state index in [1.165, 1.54) is 25.7 Å². The fourth-order valence-corrected chi connectivity index (χ4v) is 2.79. The smallest absolute Gasteiger partial charge is 0.354 e. The van der Waals surface area contributed by atoms with E-state index in [4.69, 9.17) is 5.11 Å². The van der Waals surface area contributed by atoms with Crippen LogP contribution in [0.25, 0.3) is 0 Å². The molecule has 19 heavy (non-hydrogen) atoms. The topological polar surface area (TPSA) is 53.4 Å². The first kappa shape index (κ1) is 13.8. The Morgan fingerprint density at radius 3 is 2.74 bits per heavy atom. The van der Waals surface area contributed by atoms with Gasteiger partial charge in [-0.15, -0.1) is 0 Å². The van der Waals surface area contributed by atoms with Crippen molar-refractivity contribution in [2.75, 3.05) is 11.4 Å². The SMILES string of the molecule is CC(C)CN(c1ccnc(C(=O)O)c1)C1CCCC1. The van der Waals surface area contributed by atoms with Crippen LogP contribution in [0.5, 0.6) is 0 Å². The average molecular weight is 262 g/mol. The molecule has 1 fully saturated rings. The Morgan fingerprint density at radius 1 is 1.47 bits per heavy atom. The lowest BCUT2D eigenvalue weighted by molar-refractivity contribution is 0.0690. The summed E-state index contributed by atoms with van der Waals surface area (Å²) in [5.41, 5.74) is 1.12. The molecule has 0 aromatic carbocycles. The molecule has 0 spiro atoms. The van der Waals surface area contributed by atoms with E-state index >= 15 is 0 Å². The van der Waals surface area contributed by atoms with Crippen molar-refractivity contribution < 1.29 is 9.90 Å². The summed E-state index contributed by atoms with van der Waals surface area (Å²) >= 11 is 0. The zero-order valence-electron chi connectivity index (χ0n) is 11.7. The number of carboxylic acids is 1. The summed E-state index contributed by atoms with van der Waals surface area (Å²) in [6.07, 6.45) is 6.56. The highest BCUT2D eigenvalue weighted by molar-refractivity contribution is 5.86. The number of nitrogens with zero attached hydrogens (tertiary/aromatic N) is 2. The molecule has 0 aliphatic heterocycles. The van der Waals surface area contributed by atoms with E-state index in [0.717, 1.165) is 12.2 Å². The highest BCUT2D eigenvalue weighted by Crippen LogP contribution is 2.29. The number of carboxylic acid groups (broad SMARTS) is 1. The molecule has 1 aromatic rings. The summed E-state index contributed by atoms with van der Waals surface area (Å²) in [4.78, 5) is 17.3. The van der Waals surface area contributed by atoms with Crippen LogP contribution in [0.15, 0.2) is 18.3 Å². The lowest BCUT2D eigenvalue weighted by Crippen LogP contribution is -2.36. The third-order valence-corrected chi connectivity index (χ3v) is 3.62. The van der Waals surface area contributed by atoms with E-state index in [1.807, 2.05) is 6.07 Å². The quantitative estimate of drug-likeness (QED) is 0.885. The summed E-state index contributed by atoms with van der Waals surface area (Å²) in [6.45, 7) is 5.36. The lowest BCUT2D eigenvalue weighted by atomic mass is 10.1. The van der Waals surface area contributed by atoms with Crippen molar-refractivity contribution in [2.24, 2.45) is 5.92 Å². The summed E-state index contributed by atoms with van der Waals surface area (Å²) in [5, 5.41) is 9.06. The Morgan fingerprint density at radius 2 is 2.16 bits per heavy atom. The standard InChI is InChI=1S/C15H22N2O2/c1-11(2)10-17(12-5-3-4-6-12)13-7-8-16-14(9-13)15(18)19/h7-9,11-12H,3-6,10H2,1-2H3,(H,18,19). The van der Waals surface area contributed by atoms with Gasteiger partial charge in [-0.1, -0.05) is 26.7 Å². The maximum atomic E-state index is 11.0. The number of rotatable bonds is 5. The van der Waals surface area contributed by atoms with Gasteiger partial charge in [0.1, 0.15) is 5.69 Å². The molecule has 0 unspecified atom stereocenters. The van der Waals surface area contributed by atoms with Gasteiger partial charge in [-0.3, -0.25) is 0 Å². The molecule has 1 aromatic heterocycles. The van der Waals surface area contributed by atoms with Gasteiger partial charge in [0.2, 0.25) is 0 Å². The first-order valence-corrected chi connectivity index (χ1v) is 7.04. The van der Waals surface area contributed by atoms with Crippen LogP contribution in [0.3, 0.4) is 0 Å². The van der Waals surface area contributed by atoms with Gasteiger partial charge in [0.15, 0.2) is 0 Å². The fourth-order valence-electron chi connectivity index (χ4n) is 2.79.